The van der Waals surface area contributed by atoms with Gasteiger partial charge < -0.3 is 36.3 Å². The first kappa shape index (κ1) is 61.3. The molecule has 0 aliphatic rings. The highest BCUT2D eigenvalue weighted by Gasteiger charge is 2.25. The molecule has 2 atom stereocenters. The number of carbonyl (C=O) groups is 6. The van der Waals surface area contributed by atoms with Gasteiger partial charge in [0.05, 0.1) is 66.6 Å². The predicted molar refractivity (Wildman–Crippen MR) is 286 cm³/mol. The molecular weight excluding hydrogens is 1060 g/mol. The van der Waals surface area contributed by atoms with Crippen molar-refractivity contribution < 1.29 is 43.3 Å². The maximum absolute atomic E-state index is 12.8. The molecule has 6 aromatic carbocycles. The summed E-state index contributed by atoms with van der Waals surface area (Å²) in [6.07, 6.45) is 0.518. The fourth-order valence-electron chi connectivity index (χ4n) is 6.38. The Morgan fingerprint density at radius 2 is 0.845 bits per heavy atom. The number of ether oxygens (including phenoxy) is 2. The zero-order chi connectivity index (χ0) is 50.9. The van der Waals surface area contributed by atoms with Crippen LogP contribution in [0, 0.1) is 13.8 Å². The van der Waals surface area contributed by atoms with Gasteiger partial charge in [-0.2, -0.15) is 0 Å². The first-order valence-electron chi connectivity index (χ1n) is 20.4. The van der Waals surface area contributed by atoms with Crippen LogP contribution < -0.4 is 21.7 Å². The highest BCUT2D eigenvalue weighted by atomic mass is 35.5. The highest BCUT2D eigenvalue weighted by Crippen LogP contribution is 2.27. The summed E-state index contributed by atoms with van der Waals surface area (Å²) in [6, 6.07) is 31.9. The number of halogens is 7. The molecule has 20 heteroatoms. The molecule has 6 N–H and O–H groups in total. The Kier molecular flexibility index (Phi) is 25.4. The lowest BCUT2D eigenvalue weighted by Crippen LogP contribution is -2.43. The molecule has 0 aromatic heterocycles. The SMILES string of the molecule is C.COC(=O)C(Cc1ccc(NC(=O)c2c(Cl)cccc2Cl)cc1)NC(=O)c1c(C)cccc1Cl.COC(=O)C(N)Cc1ccc(NC(=O)c2c(Cl)cccc2Cl)cc1.Cc1cccc(Cl)c1C(=O)O.Cl. The number of aromatic carboxylic acids is 1. The van der Waals surface area contributed by atoms with Crippen LogP contribution in [0.15, 0.2) is 121 Å². The number of anilines is 2. The van der Waals surface area contributed by atoms with E-state index < -0.39 is 47.7 Å². The molecule has 0 fully saturated rings. The van der Waals surface area contributed by atoms with E-state index in [1.807, 2.05) is 0 Å². The van der Waals surface area contributed by atoms with Crippen molar-refractivity contribution in [3.05, 3.63) is 196 Å². The van der Waals surface area contributed by atoms with Gasteiger partial charge in [-0.15, -0.1) is 12.4 Å². The van der Waals surface area contributed by atoms with Crippen LogP contribution in [-0.2, 0) is 31.9 Å². The zero-order valence-electron chi connectivity index (χ0n) is 37.6. The van der Waals surface area contributed by atoms with E-state index in [-0.39, 0.29) is 68.1 Å². The minimum absolute atomic E-state index is 0. The number of hydrogen-bond acceptors (Lipinski definition) is 9. The van der Waals surface area contributed by atoms with Gasteiger partial charge in [-0.05, 0) is 103 Å². The summed E-state index contributed by atoms with van der Waals surface area (Å²) >= 11 is 36.0. The normalized spacial score (nSPS) is 10.9. The molecule has 0 saturated carbocycles. The predicted octanol–water partition coefficient (Wildman–Crippen LogP) is 12.4. The molecule has 71 heavy (non-hydrogen) atoms. The van der Waals surface area contributed by atoms with Crippen molar-refractivity contribution in [3.8, 4) is 0 Å². The average Bonchev–Trinajstić information content (AvgIpc) is 3.29. The largest absolute Gasteiger partial charge is 0.478 e. The molecule has 0 saturated heterocycles. The van der Waals surface area contributed by atoms with Gasteiger partial charge in [0.1, 0.15) is 12.1 Å². The molecule has 2 unspecified atom stereocenters. The summed E-state index contributed by atoms with van der Waals surface area (Å²) < 4.78 is 9.45. The number of benzene rings is 6. The second-order valence-electron chi connectivity index (χ2n) is 14.8. The van der Waals surface area contributed by atoms with Crippen molar-refractivity contribution in [2.75, 3.05) is 24.9 Å². The third-order valence-corrected chi connectivity index (χ3v) is 11.8. The maximum Gasteiger partial charge on any atom is 0.337 e. The van der Waals surface area contributed by atoms with Crippen LogP contribution >= 0.6 is 82.0 Å². The number of hydrogen-bond donors (Lipinski definition) is 5. The van der Waals surface area contributed by atoms with Gasteiger partial charge in [0.25, 0.3) is 17.7 Å². The first-order chi connectivity index (χ1) is 32.7. The molecule has 0 aliphatic heterocycles. The quantitative estimate of drug-likeness (QED) is 0.0692. The molecule has 0 bridgehead atoms. The molecule has 3 amide bonds. The summed E-state index contributed by atoms with van der Waals surface area (Å²) in [5.74, 6) is -3.36. The number of methoxy groups -OCH3 is 2. The van der Waals surface area contributed by atoms with Gasteiger partial charge in [0.15, 0.2) is 0 Å². The van der Waals surface area contributed by atoms with Crippen LogP contribution in [0.2, 0.25) is 30.1 Å². The summed E-state index contributed by atoms with van der Waals surface area (Å²) in [7, 11) is 2.54. The van der Waals surface area contributed by atoms with E-state index >= 15 is 0 Å². The Morgan fingerprint density at radius 1 is 0.507 bits per heavy atom. The van der Waals surface area contributed by atoms with Crippen LogP contribution in [0.1, 0.15) is 71.1 Å². The number of nitrogens with one attached hydrogen (secondary N) is 3. The number of nitrogens with two attached hydrogens (primary N) is 1. The number of esters is 2. The fraction of sp³-hybridized carbons (Fsp3) is 0.176. The second-order valence-corrected chi connectivity index (χ2v) is 17.2. The third kappa shape index (κ3) is 17.7. The minimum Gasteiger partial charge on any atom is -0.478 e. The Balaban J connectivity index is 0.000000405. The fourth-order valence-corrected chi connectivity index (χ4v) is 8.13. The van der Waals surface area contributed by atoms with Gasteiger partial charge >= 0.3 is 17.9 Å². The lowest BCUT2D eigenvalue weighted by molar-refractivity contribution is -0.143. The van der Waals surface area contributed by atoms with Crippen LogP contribution in [-0.4, -0.2) is 67.0 Å². The summed E-state index contributed by atoms with van der Waals surface area (Å²) in [4.78, 5) is 71.9. The summed E-state index contributed by atoms with van der Waals surface area (Å²) in [5, 5.41) is 18.4. The van der Waals surface area contributed by atoms with E-state index in [1.54, 1.807) is 135 Å². The van der Waals surface area contributed by atoms with E-state index in [9.17, 15) is 28.8 Å². The van der Waals surface area contributed by atoms with Crippen molar-refractivity contribution in [2.24, 2.45) is 5.73 Å². The molecule has 6 aromatic rings. The topological polar surface area (TPSA) is 203 Å². The van der Waals surface area contributed by atoms with Crippen LogP contribution in [0.5, 0.6) is 0 Å². The Hall–Kier alpha value is -5.87. The Labute approximate surface area is 447 Å². The first-order valence-corrected chi connectivity index (χ1v) is 22.7. The van der Waals surface area contributed by atoms with Gasteiger partial charge in [-0.1, -0.05) is 138 Å². The average molecular weight is 1110 g/mol. The Morgan fingerprint density at radius 3 is 1.18 bits per heavy atom. The smallest absolute Gasteiger partial charge is 0.337 e. The van der Waals surface area contributed by atoms with E-state index in [0.29, 0.717) is 39.5 Å². The van der Waals surface area contributed by atoms with E-state index in [2.05, 4.69) is 20.7 Å². The number of rotatable bonds is 13. The molecule has 0 radical (unpaired) electrons. The lowest BCUT2D eigenvalue weighted by atomic mass is 10.0. The van der Waals surface area contributed by atoms with Crippen LogP contribution in [0.3, 0.4) is 0 Å². The van der Waals surface area contributed by atoms with Gasteiger partial charge in [0.2, 0.25) is 0 Å². The second kappa shape index (κ2) is 29.5. The molecule has 0 heterocycles. The molecule has 13 nitrogen and oxygen atoms in total. The Bertz CT molecular complexity index is 2750. The van der Waals surface area contributed by atoms with Crippen LogP contribution in [0.4, 0.5) is 11.4 Å². The monoisotopic (exact) mass is 1110 g/mol. The van der Waals surface area contributed by atoms with Crippen LogP contribution in [0.25, 0.3) is 0 Å². The number of carboxylic acid groups (broad SMARTS) is 1. The van der Waals surface area contributed by atoms with E-state index in [1.165, 1.54) is 14.2 Å². The third-order valence-electron chi connectivity index (χ3n) is 9.88. The minimum atomic E-state index is -0.979. The van der Waals surface area contributed by atoms with Gasteiger partial charge in [-0.25, -0.2) is 9.59 Å². The molecule has 6 rings (SSSR count). The number of amides is 3. The number of carboxylic acids is 1. The van der Waals surface area contributed by atoms with E-state index in [4.69, 9.17) is 85.2 Å². The maximum atomic E-state index is 12.8. The van der Waals surface area contributed by atoms with E-state index in [0.717, 1.165) is 11.1 Å². The lowest BCUT2D eigenvalue weighted by Gasteiger charge is -2.18. The van der Waals surface area contributed by atoms with Crippen molar-refractivity contribution in [2.45, 2.75) is 46.2 Å². The van der Waals surface area contributed by atoms with Gasteiger partial charge in [0, 0.05) is 17.8 Å². The molecular formula is C51H49Cl7N4O9. The standard InChI is InChI=1S/C25H21Cl3N2O4.C17H16Cl2N2O3.C8H7ClO2.CH4.ClH/c1-14-5-3-6-17(26)21(14)23(31)30-20(25(33)34-2)13-15-9-11-16(12-10-15)29-24(32)22-18(27)7-4-8-19(22)28;1-24-17(23)14(20)9-10-5-7-11(8-6-10)21-16(22)15-12(18)3-2-4-13(15)19;1-5-3-2-4-6(9)7(5)8(10)11;;/h3-12,20H,13H2,1-2H3,(H,29,32)(H,30,31);2-8,14H,9,20H2,1H3,(H,21,22);2-4H,1H3,(H,10,11);1H4;1H. The highest BCUT2D eigenvalue weighted by molar-refractivity contribution is 6.41. The zero-order valence-corrected chi connectivity index (χ0v) is 42.9. The summed E-state index contributed by atoms with van der Waals surface area (Å²) in [5.41, 5.74) is 10.6. The number of aryl methyl sites for hydroxylation is 2. The van der Waals surface area contributed by atoms with Crippen molar-refractivity contribution in [1.82, 2.24) is 5.32 Å². The van der Waals surface area contributed by atoms with Gasteiger partial charge in [-0.3, -0.25) is 19.2 Å². The molecule has 0 spiro atoms. The van der Waals surface area contributed by atoms with Crippen molar-refractivity contribution >= 4 is 129 Å². The number of carbonyl (C=O) groups excluding carboxylic acids is 5. The molecule has 0 aliphatic carbocycles. The van der Waals surface area contributed by atoms with Crippen molar-refractivity contribution in [1.29, 1.82) is 0 Å². The summed E-state index contributed by atoms with van der Waals surface area (Å²) in [6.45, 7) is 3.48. The van der Waals surface area contributed by atoms with Crippen molar-refractivity contribution in [3.63, 3.8) is 0 Å². The molecule has 376 valence electrons.